The van der Waals surface area contributed by atoms with Crippen LogP contribution in [0.1, 0.15) is 19.4 Å². The van der Waals surface area contributed by atoms with Gasteiger partial charge >= 0.3 is 12.1 Å². The molecule has 0 radical (unpaired) electrons. The predicted octanol–water partition coefficient (Wildman–Crippen LogP) is 2.00. The molecule has 0 heterocycles. The molecule has 0 aliphatic carbocycles. The van der Waals surface area contributed by atoms with Crippen molar-refractivity contribution in [3.8, 4) is 5.75 Å². The maximum absolute atomic E-state index is 12.4. The number of nitrogens with zero attached hydrogens (tertiary/aromatic N) is 1. The van der Waals surface area contributed by atoms with Gasteiger partial charge in [-0.2, -0.15) is 13.2 Å². The molecule has 0 saturated carbocycles. The van der Waals surface area contributed by atoms with Gasteiger partial charge in [-0.15, -0.1) is 0 Å². The molecule has 0 bridgehead atoms. The molecule has 0 fully saturated rings. The lowest BCUT2D eigenvalue weighted by atomic mass is 10.2. The summed E-state index contributed by atoms with van der Waals surface area (Å²) in [6.07, 6.45) is -4.40. The number of hydrogen-bond acceptors (Lipinski definition) is 4. The molecule has 9 heteroatoms. The minimum absolute atomic E-state index is 0.0652. The highest BCUT2D eigenvalue weighted by molar-refractivity contribution is 5.79. The number of aliphatic carboxylic acids is 1. The van der Waals surface area contributed by atoms with E-state index in [-0.39, 0.29) is 43.9 Å². The molecule has 2 N–H and O–H groups in total. The second-order valence-corrected chi connectivity index (χ2v) is 5.61. The Labute approximate surface area is 143 Å². The highest BCUT2D eigenvalue weighted by Gasteiger charge is 2.30. The van der Waals surface area contributed by atoms with Crippen LogP contribution < -0.4 is 10.1 Å². The molecule has 25 heavy (non-hydrogen) atoms. The first kappa shape index (κ1) is 20.8. The van der Waals surface area contributed by atoms with E-state index in [0.717, 1.165) is 12.1 Å². The van der Waals surface area contributed by atoms with Crippen molar-refractivity contribution >= 4 is 11.9 Å². The standard InChI is InChI=1S/C16H21F3N2O4/c1-11(2)21(10-15(23)24)9-14(22)20-7-8-25-13-5-3-12(4-6-13)16(17,18)19/h3-6,11H,7-10H2,1-2H3,(H,20,22)(H,23,24). The largest absolute Gasteiger partial charge is 0.492 e. The molecule has 140 valence electrons. The summed E-state index contributed by atoms with van der Waals surface area (Å²) in [5.74, 6) is -1.12. The Balaban J connectivity index is 2.35. The van der Waals surface area contributed by atoms with E-state index >= 15 is 0 Å². The fourth-order valence-electron chi connectivity index (χ4n) is 1.93. The Kier molecular flexibility index (Phi) is 7.69. The number of rotatable bonds is 9. The number of carbonyl (C=O) groups is 2. The number of ether oxygens (including phenoxy) is 1. The van der Waals surface area contributed by atoms with Gasteiger partial charge in [-0.1, -0.05) is 0 Å². The summed E-state index contributed by atoms with van der Waals surface area (Å²) in [5, 5.41) is 11.4. The average molecular weight is 362 g/mol. The van der Waals surface area contributed by atoms with E-state index in [0.29, 0.717) is 0 Å². The Hall–Kier alpha value is -2.29. The molecule has 1 aromatic rings. The van der Waals surface area contributed by atoms with Gasteiger partial charge < -0.3 is 15.2 Å². The van der Waals surface area contributed by atoms with Crippen molar-refractivity contribution in [2.24, 2.45) is 0 Å². The summed E-state index contributed by atoms with van der Waals surface area (Å²) in [6, 6.07) is 4.14. The maximum atomic E-state index is 12.4. The monoisotopic (exact) mass is 362 g/mol. The lowest BCUT2D eigenvalue weighted by Crippen LogP contribution is -2.44. The number of hydrogen-bond donors (Lipinski definition) is 2. The van der Waals surface area contributed by atoms with Crippen LogP contribution in [0.15, 0.2) is 24.3 Å². The van der Waals surface area contributed by atoms with E-state index in [1.165, 1.54) is 17.0 Å². The van der Waals surface area contributed by atoms with Crippen molar-refractivity contribution in [2.75, 3.05) is 26.2 Å². The van der Waals surface area contributed by atoms with Crippen LogP contribution in [-0.2, 0) is 15.8 Å². The Morgan fingerprint density at radius 1 is 1.20 bits per heavy atom. The van der Waals surface area contributed by atoms with E-state index in [1.807, 2.05) is 0 Å². The van der Waals surface area contributed by atoms with E-state index in [4.69, 9.17) is 9.84 Å². The fraction of sp³-hybridized carbons (Fsp3) is 0.500. The number of nitrogens with one attached hydrogen (secondary N) is 1. The SMILES string of the molecule is CC(C)N(CC(=O)O)CC(=O)NCCOc1ccc(C(F)(F)F)cc1. The Bertz CT molecular complexity index is 574. The zero-order valence-electron chi connectivity index (χ0n) is 14.0. The van der Waals surface area contributed by atoms with Gasteiger partial charge in [0.05, 0.1) is 25.2 Å². The first-order valence-electron chi connectivity index (χ1n) is 7.62. The number of carboxylic acids is 1. The lowest BCUT2D eigenvalue weighted by molar-refractivity contribution is -0.139. The molecule has 0 saturated heterocycles. The molecule has 0 aliphatic rings. The molecule has 6 nitrogen and oxygen atoms in total. The predicted molar refractivity (Wildman–Crippen MR) is 84.3 cm³/mol. The quantitative estimate of drug-likeness (QED) is 0.657. The first-order chi connectivity index (χ1) is 11.6. The number of alkyl halides is 3. The third-order valence-electron chi connectivity index (χ3n) is 3.29. The van der Waals surface area contributed by atoms with Crippen molar-refractivity contribution in [3.05, 3.63) is 29.8 Å². The molecule has 0 aromatic heterocycles. The topological polar surface area (TPSA) is 78.9 Å². The van der Waals surface area contributed by atoms with Crippen LogP contribution in [-0.4, -0.2) is 54.2 Å². The highest BCUT2D eigenvalue weighted by atomic mass is 19.4. The van der Waals surface area contributed by atoms with Crippen LogP contribution in [0.3, 0.4) is 0 Å². The average Bonchev–Trinajstić information content (AvgIpc) is 2.50. The molecule has 1 amide bonds. The molecule has 0 aliphatic heterocycles. The van der Waals surface area contributed by atoms with Gasteiger partial charge in [0.1, 0.15) is 12.4 Å². The highest BCUT2D eigenvalue weighted by Crippen LogP contribution is 2.30. The first-order valence-corrected chi connectivity index (χ1v) is 7.62. The van der Waals surface area contributed by atoms with Gasteiger partial charge in [-0.3, -0.25) is 14.5 Å². The van der Waals surface area contributed by atoms with Crippen LogP contribution in [0.4, 0.5) is 13.2 Å². The van der Waals surface area contributed by atoms with Crippen LogP contribution in [0.5, 0.6) is 5.75 Å². The number of amides is 1. The summed E-state index contributed by atoms with van der Waals surface area (Å²) >= 11 is 0. The normalized spacial score (nSPS) is 11.6. The third kappa shape index (κ3) is 7.88. The van der Waals surface area contributed by atoms with Gasteiger partial charge in [-0.25, -0.2) is 0 Å². The minimum Gasteiger partial charge on any atom is -0.492 e. The summed E-state index contributed by atoms with van der Waals surface area (Å²) in [4.78, 5) is 24.0. The van der Waals surface area contributed by atoms with E-state index in [9.17, 15) is 22.8 Å². The number of carbonyl (C=O) groups excluding carboxylic acids is 1. The van der Waals surface area contributed by atoms with Gasteiger partial charge in [0.25, 0.3) is 0 Å². The van der Waals surface area contributed by atoms with Crippen LogP contribution in [0, 0.1) is 0 Å². The van der Waals surface area contributed by atoms with Crippen LogP contribution in [0.25, 0.3) is 0 Å². The Morgan fingerprint density at radius 3 is 2.28 bits per heavy atom. The zero-order chi connectivity index (χ0) is 19.0. The maximum Gasteiger partial charge on any atom is 0.416 e. The molecular weight excluding hydrogens is 341 g/mol. The lowest BCUT2D eigenvalue weighted by Gasteiger charge is -2.23. The molecule has 0 spiro atoms. The summed E-state index contributed by atoms with van der Waals surface area (Å²) in [6.45, 7) is 3.49. The van der Waals surface area contributed by atoms with E-state index < -0.39 is 17.7 Å². The van der Waals surface area contributed by atoms with Crippen molar-refractivity contribution in [1.82, 2.24) is 10.2 Å². The fourth-order valence-corrected chi connectivity index (χ4v) is 1.93. The van der Waals surface area contributed by atoms with Gasteiger partial charge in [-0.05, 0) is 38.1 Å². The van der Waals surface area contributed by atoms with Crippen LogP contribution >= 0.6 is 0 Å². The smallest absolute Gasteiger partial charge is 0.416 e. The third-order valence-corrected chi connectivity index (χ3v) is 3.29. The van der Waals surface area contributed by atoms with Crippen molar-refractivity contribution < 1.29 is 32.6 Å². The molecular formula is C16H21F3N2O4. The number of halogens is 3. The second kappa shape index (κ2) is 9.26. The van der Waals surface area contributed by atoms with E-state index in [2.05, 4.69) is 5.32 Å². The molecule has 0 unspecified atom stereocenters. The summed E-state index contributed by atoms with van der Waals surface area (Å²) < 4.78 is 42.5. The number of carboxylic acid groups (broad SMARTS) is 1. The van der Waals surface area contributed by atoms with Crippen molar-refractivity contribution in [1.29, 1.82) is 0 Å². The molecule has 1 rings (SSSR count). The van der Waals surface area contributed by atoms with Crippen LogP contribution in [0.2, 0.25) is 0 Å². The number of benzene rings is 1. The van der Waals surface area contributed by atoms with Gasteiger partial charge in [0.2, 0.25) is 5.91 Å². The minimum atomic E-state index is -4.40. The van der Waals surface area contributed by atoms with Gasteiger partial charge in [0, 0.05) is 6.04 Å². The summed E-state index contributed by atoms with van der Waals surface area (Å²) in [5.41, 5.74) is -0.764. The summed E-state index contributed by atoms with van der Waals surface area (Å²) in [7, 11) is 0. The molecule has 0 atom stereocenters. The zero-order valence-corrected chi connectivity index (χ0v) is 14.0. The van der Waals surface area contributed by atoms with E-state index in [1.54, 1.807) is 13.8 Å². The Morgan fingerprint density at radius 2 is 1.80 bits per heavy atom. The van der Waals surface area contributed by atoms with Gasteiger partial charge in [0.15, 0.2) is 0 Å². The van der Waals surface area contributed by atoms with Crippen molar-refractivity contribution in [2.45, 2.75) is 26.1 Å². The van der Waals surface area contributed by atoms with Crippen molar-refractivity contribution in [3.63, 3.8) is 0 Å². The molecule has 1 aromatic carbocycles. The second-order valence-electron chi connectivity index (χ2n) is 5.61.